The van der Waals surface area contributed by atoms with E-state index in [1.54, 1.807) is 0 Å². The van der Waals surface area contributed by atoms with Gasteiger partial charge >= 0.3 is 0 Å². The fraction of sp³-hybridized carbons (Fsp3) is 1.00. The largest absolute Gasteiger partial charge is 0.311 e. The number of nitrogens with one attached hydrogen (secondary N) is 1. The molecule has 0 aromatic rings. The maximum absolute atomic E-state index is 3.53. The lowest BCUT2D eigenvalue weighted by molar-refractivity contribution is 0.184. The summed E-state index contributed by atoms with van der Waals surface area (Å²) in [5.41, 5.74) is 0.256. The topological polar surface area (TPSA) is 15.3 Å². The molecule has 0 spiro atoms. The van der Waals surface area contributed by atoms with Gasteiger partial charge in [0.15, 0.2) is 0 Å². The Hall–Kier alpha value is -0.0800. The van der Waals surface area contributed by atoms with E-state index in [0.29, 0.717) is 0 Å². The second-order valence-corrected chi connectivity index (χ2v) is 5.27. The lowest BCUT2D eigenvalue weighted by Gasteiger charge is -2.34. The van der Waals surface area contributed by atoms with Gasteiger partial charge in [-0.15, -0.1) is 0 Å². The standard InChI is InChI=1S/C12H26N2/c1-5-13-12(2,3)10-14(4)11-8-6-7-9-11/h11,13H,5-10H2,1-4H3. The number of hydrogen-bond donors (Lipinski definition) is 1. The summed E-state index contributed by atoms with van der Waals surface area (Å²) < 4.78 is 0. The number of likely N-dealkylation sites (N-methyl/N-ethyl adjacent to an activating group) is 2. The Morgan fingerprint density at radius 3 is 2.36 bits per heavy atom. The van der Waals surface area contributed by atoms with Gasteiger partial charge in [-0.05, 0) is 40.3 Å². The van der Waals surface area contributed by atoms with E-state index < -0.39 is 0 Å². The lowest BCUT2D eigenvalue weighted by atomic mass is 10.0. The fourth-order valence-electron chi connectivity index (χ4n) is 2.63. The molecule has 0 bridgehead atoms. The highest BCUT2D eigenvalue weighted by atomic mass is 15.2. The van der Waals surface area contributed by atoms with Crippen LogP contribution in [0.5, 0.6) is 0 Å². The zero-order valence-electron chi connectivity index (χ0n) is 10.3. The van der Waals surface area contributed by atoms with Gasteiger partial charge in [0, 0.05) is 18.1 Å². The Kier molecular flexibility index (Phi) is 4.39. The molecule has 84 valence electrons. The number of hydrogen-bond acceptors (Lipinski definition) is 2. The Labute approximate surface area is 89.1 Å². The van der Waals surface area contributed by atoms with Gasteiger partial charge < -0.3 is 10.2 Å². The van der Waals surface area contributed by atoms with Gasteiger partial charge in [0.1, 0.15) is 0 Å². The minimum Gasteiger partial charge on any atom is -0.311 e. The first-order chi connectivity index (χ1) is 6.55. The molecule has 0 aromatic heterocycles. The second-order valence-electron chi connectivity index (χ2n) is 5.27. The van der Waals surface area contributed by atoms with Crippen LogP contribution in [0.4, 0.5) is 0 Å². The predicted octanol–water partition coefficient (Wildman–Crippen LogP) is 2.25. The van der Waals surface area contributed by atoms with E-state index in [4.69, 9.17) is 0 Å². The van der Waals surface area contributed by atoms with Crippen LogP contribution in [0, 0.1) is 0 Å². The highest BCUT2D eigenvalue weighted by Crippen LogP contribution is 2.23. The number of rotatable bonds is 5. The first kappa shape index (κ1) is 12.0. The van der Waals surface area contributed by atoms with Crippen molar-refractivity contribution in [1.82, 2.24) is 10.2 Å². The van der Waals surface area contributed by atoms with Crippen LogP contribution in [0.3, 0.4) is 0 Å². The quantitative estimate of drug-likeness (QED) is 0.729. The van der Waals surface area contributed by atoms with Gasteiger partial charge in [-0.2, -0.15) is 0 Å². The number of nitrogens with zero attached hydrogens (tertiary/aromatic N) is 1. The van der Waals surface area contributed by atoms with Crippen molar-refractivity contribution in [3.8, 4) is 0 Å². The molecule has 1 N–H and O–H groups in total. The molecule has 1 aliphatic carbocycles. The van der Waals surface area contributed by atoms with Crippen LogP contribution in [0.1, 0.15) is 46.5 Å². The summed E-state index contributed by atoms with van der Waals surface area (Å²) in [6.45, 7) is 8.98. The summed E-state index contributed by atoms with van der Waals surface area (Å²) in [7, 11) is 2.27. The summed E-state index contributed by atoms with van der Waals surface area (Å²) in [4.78, 5) is 2.54. The average Bonchev–Trinajstić information content (AvgIpc) is 2.53. The maximum atomic E-state index is 3.53. The van der Waals surface area contributed by atoms with Crippen LogP contribution in [-0.2, 0) is 0 Å². The van der Waals surface area contributed by atoms with Crippen LogP contribution in [0.15, 0.2) is 0 Å². The van der Waals surface area contributed by atoms with Gasteiger partial charge in [0.05, 0.1) is 0 Å². The third-order valence-electron chi connectivity index (χ3n) is 3.25. The first-order valence-electron chi connectivity index (χ1n) is 6.00. The molecule has 14 heavy (non-hydrogen) atoms. The molecular weight excluding hydrogens is 172 g/mol. The van der Waals surface area contributed by atoms with E-state index in [-0.39, 0.29) is 5.54 Å². The summed E-state index contributed by atoms with van der Waals surface area (Å²) in [6.07, 6.45) is 5.66. The van der Waals surface area contributed by atoms with Crippen LogP contribution < -0.4 is 5.32 Å². The van der Waals surface area contributed by atoms with E-state index >= 15 is 0 Å². The molecule has 2 nitrogen and oxygen atoms in total. The molecule has 0 amide bonds. The van der Waals surface area contributed by atoms with Crippen molar-refractivity contribution in [3.63, 3.8) is 0 Å². The SMILES string of the molecule is CCNC(C)(C)CN(C)C1CCCC1. The molecule has 0 atom stereocenters. The highest BCUT2D eigenvalue weighted by Gasteiger charge is 2.25. The lowest BCUT2D eigenvalue weighted by Crippen LogP contribution is -2.50. The highest BCUT2D eigenvalue weighted by molar-refractivity contribution is 4.84. The molecular formula is C12H26N2. The molecule has 0 unspecified atom stereocenters. The Bertz CT molecular complexity index is 160. The molecule has 2 heteroatoms. The Balaban J connectivity index is 2.34. The third-order valence-corrected chi connectivity index (χ3v) is 3.25. The van der Waals surface area contributed by atoms with Gasteiger partial charge in [-0.3, -0.25) is 0 Å². The summed E-state index contributed by atoms with van der Waals surface area (Å²) >= 11 is 0. The molecule has 1 saturated carbocycles. The average molecular weight is 198 g/mol. The van der Waals surface area contributed by atoms with E-state index in [9.17, 15) is 0 Å². The molecule has 1 rings (SSSR count). The third kappa shape index (κ3) is 3.58. The minimum atomic E-state index is 0.256. The molecule has 1 aliphatic rings. The molecule has 1 fully saturated rings. The summed E-state index contributed by atoms with van der Waals surface area (Å²) in [6, 6.07) is 0.841. The molecule has 0 radical (unpaired) electrons. The van der Waals surface area contributed by atoms with Crippen molar-refractivity contribution in [1.29, 1.82) is 0 Å². The molecule has 0 aromatic carbocycles. The van der Waals surface area contributed by atoms with E-state index in [0.717, 1.165) is 19.1 Å². The van der Waals surface area contributed by atoms with Gasteiger partial charge in [-0.25, -0.2) is 0 Å². The zero-order chi connectivity index (χ0) is 10.6. The van der Waals surface area contributed by atoms with Crippen molar-refractivity contribution < 1.29 is 0 Å². The second kappa shape index (κ2) is 5.13. The van der Waals surface area contributed by atoms with Crippen molar-refractivity contribution in [3.05, 3.63) is 0 Å². The van der Waals surface area contributed by atoms with E-state index in [2.05, 4.69) is 38.0 Å². The molecule has 0 heterocycles. The van der Waals surface area contributed by atoms with Crippen LogP contribution >= 0.6 is 0 Å². The summed E-state index contributed by atoms with van der Waals surface area (Å²) in [5.74, 6) is 0. The fourth-order valence-corrected chi connectivity index (χ4v) is 2.63. The summed E-state index contributed by atoms with van der Waals surface area (Å²) in [5, 5.41) is 3.53. The molecule has 0 saturated heterocycles. The maximum Gasteiger partial charge on any atom is 0.0252 e. The van der Waals surface area contributed by atoms with Crippen LogP contribution in [0.2, 0.25) is 0 Å². The van der Waals surface area contributed by atoms with Crippen LogP contribution in [-0.4, -0.2) is 36.6 Å². The van der Waals surface area contributed by atoms with Crippen molar-refractivity contribution >= 4 is 0 Å². The van der Waals surface area contributed by atoms with Gasteiger partial charge in [0.25, 0.3) is 0 Å². The normalized spacial score (nSPS) is 19.5. The first-order valence-corrected chi connectivity index (χ1v) is 6.00. The zero-order valence-corrected chi connectivity index (χ0v) is 10.3. The molecule has 0 aliphatic heterocycles. The van der Waals surface area contributed by atoms with Crippen molar-refractivity contribution in [2.75, 3.05) is 20.1 Å². The van der Waals surface area contributed by atoms with Gasteiger partial charge in [-0.1, -0.05) is 19.8 Å². The Morgan fingerprint density at radius 1 is 1.29 bits per heavy atom. The van der Waals surface area contributed by atoms with Crippen LogP contribution in [0.25, 0.3) is 0 Å². The smallest absolute Gasteiger partial charge is 0.0252 e. The monoisotopic (exact) mass is 198 g/mol. The minimum absolute atomic E-state index is 0.256. The van der Waals surface area contributed by atoms with Gasteiger partial charge in [0.2, 0.25) is 0 Å². The predicted molar refractivity (Wildman–Crippen MR) is 62.6 cm³/mol. The van der Waals surface area contributed by atoms with Crippen molar-refractivity contribution in [2.24, 2.45) is 0 Å². The Morgan fingerprint density at radius 2 is 1.86 bits per heavy atom. The van der Waals surface area contributed by atoms with E-state index in [1.165, 1.54) is 25.7 Å². The van der Waals surface area contributed by atoms with E-state index in [1.807, 2.05) is 0 Å². The van der Waals surface area contributed by atoms with Crippen molar-refractivity contribution in [2.45, 2.75) is 58.0 Å².